The zero-order chi connectivity index (χ0) is 23.6. The second-order valence-electron chi connectivity index (χ2n) is 8.30. The van der Waals surface area contributed by atoms with Gasteiger partial charge in [-0.25, -0.2) is 4.79 Å². The molecule has 0 aromatic heterocycles. The van der Waals surface area contributed by atoms with Gasteiger partial charge in [0, 0.05) is 25.2 Å². The highest BCUT2D eigenvalue weighted by Gasteiger charge is 2.15. The van der Waals surface area contributed by atoms with Crippen molar-refractivity contribution in [3.63, 3.8) is 0 Å². The van der Waals surface area contributed by atoms with E-state index in [1.165, 1.54) is 0 Å². The van der Waals surface area contributed by atoms with Crippen LogP contribution in [-0.2, 0) is 20.9 Å². The second-order valence-corrected chi connectivity index (χ2v) is 8.30. The molecule has 2 aromatic carbocycles. The van der Waals surface area contributed by atoms with Crippen LogP contribution in [0.15, 0.2) is 48.5 Å². The molecule has 8 heteroatoms. The van der Waals surface area contributed by atoms with Gasteiger partial charge >= 0.3 is 6.09 Å². The number of carbonyl (C=O) groups is 3. The Morgan fingerprint density at radius 1 is 0.875 bits per heavy atom. The highest BCUT2D eigenvalue weighted by atomic mass is 16.6. The molecule has 3 N–H and O–H groups in total. The van der Waals surface area contributed by atoms with Gasteiger partial charge in [0.15, 0.2) is 6.61 Å². The Morgan fingerprint density at radius 2 is 1.53 bits per heavy atom. The van der Waals surface area contributed by atoms with Gasteiger partial charge < -0.3 is 25.4 Å². The molecule has 0 fully saturated rings. The number of rotatable bonds is 9. The summed E-state index contributed by atoms with van der Waals surface area (Å²) in [6.45, 7) is 7.76. The lowest BCUT2D eigenvalue weighted by molar-refractivity contribution is -0.123. The number of amides is 3. The molecular weight excluding hydrogens is 410 g/mol. The van der Waals surface area contributed by atoms with Crippen molar-refractivity contribution in [1.82, 2.24) is 10.6 Å². The SMILES string of the molecule is Cc1ccc(OCC(=O)NCc2ccc(NC(=O)CCNC(=O)OC(C)(C)C)cc2)cc1. The smallest absolute Gasteiger partial charge is 0.407 e. The van der Waals surface area contributed by atoms with Crippen molar-refractivity contribution >= 4 is 23.6 Å². The van der Waals surface area contributed by atoms with E-state index in [0.717, 1.165) is 11.1 Å². The summed E-state index contributed by atoms with van der Waals surface area (Å²) in [4.78, 5) is 35.5. The molecule has 8 nitrogen and oxygen atoms in total. The molecular formula is C24H31N3O5. The molecule has 3 amide bonds. The maximum atomic E-state index is 12.0. The van der Waals surface area contributed by atoms with Crippen LogP contribution < -0.4 is 20.7 Å². The van der Waals surface area contributed by atoms with Crippen molar-refractivity contribution in [1.29, 1.82) is 0 Å². The number of carbonyl (C=O) groups excluding carboxylic acids is 3. The monoisotopic (exact) mass is 441 g/mol. The van der Waals surface area contributed by atoms with Gasteiger partial charge in [-0.3, -0.25) is 9.59 Å². The molecule has 0 saturated heterocycles. The Kier molecular flexibility index (Phi) is 9.07. The van der Waals surface area contributed by atoms with Crippen LogP contribution in [0, 0.1) is 6.92 Å². The summed E-state index contributed by atoms with van der Waals surface area (Å²) < 4.78 is 10.6. The first kappa shape index (κ1) is 24.7. The molecule has 32 heavy (non-hydrogen) atoms. The van der Waals surface area contributed by atoms with Crippen molar-refractivity contribution in [3.05, 3.63) is 59.7 Å². The average Bonchev–Trinajstić information content (AvgIpc) is 2.71. The first-order chi connectivity index (χ1) is 15.1. The summed E-state index contributed by atoms with van der Waals surface area (Å²) in [5.41, 5.74) is 2.06. The Hall–Kier alpha value is -3.55. The fraction of sp³-hybridized carbons (Fsp3) is 0.375. The van der Waals surface area contributed by atoms with Crippen LogP contribution in [0.25, 0.3) is 0 Å². The van der Waals surface area contributed by atoms with Crippen LogP contribution in [0.3, 0.4) is 0 Å². The zero-order valence-electron chi connectivity index (χ0n) is 19.0. The Labute approximate surface area is 188 Å². The van der Waals surface area contributed by atoms with Gasteiger partial charge in [0.25, 0.3) is 5.91 Å². The van der Waals surface area contributed by atoms with E-state index in [1.807, 2.05) is 43.3 Å². The minimum absolute atomic E-state index is 0.0610. The molecule has 2 aromatic rings. The van der Waals surface area contributed by atoms with E-state index in [0.29, 0.717) is 18.0 Å². The van der Waals surface area contributed by atoms with E-state index in [4.69, 9.17) is 9.47 Å². The third-order valence-electron chi connectivity index (χ3n) is 4.14. The number of aryl methyl sites for hydroxylation is 1. The summed E-state index contributed by atoms with van der Waals surface area (Å²) in [7, 11) is 0. The quantitative estimate of drug-likeness (QED) is 0.552. The first-order valence-electron chi connectivity index (χ1n) is 10.4. The van der Waals surface area contributed by atoms with Crippen molar-refractivity contribution in [2.75, 3.05) is 18.5 Å². The Morgan fingerprint density at radius 3 is 2.16 bits per heavy atom. The minimum Gasteiger partial charge on any atom is -0.484 e. The molecule has 0 bridgehead atoms. The normalized spacial score (nSPS) is 10.8. The number of ether oxygens (including phenoxy) is 2. The van der Waals surface area contributed by atoms with Gasteiger partial charge in [-0.2, -0.15) is 0 Å². The van der Waals surface area contributed by atoms with Crippen molar-refractivity contribution in [3.8, 4) is 5.75 Å². The number of hydrogen-bond donors (Lipinski definition) is 3. The van der Waals surface area contributed by atoms with Crippen LogP contribution >= 0.6 is 0 Å². The van der Waals surface area contributed by atoms with Crippen LogP contribution in [0.5, 0.6) is 5.75 Å². The standard InChI is InChI=1S/C24H31N3O5/c1-17-5-11-20(12-6-17)31-16-22(29)26-15-18-7-9-19(10-8-18)27-21(28)13-14-25-23(30)32-24(2,3)4/h5-12H,13-16H2,1-4H3,(H,25,30)(H,26,29)(H,27,28). The van der Waals surface area contributed by atoms with Crippen molar-refractivity contribution < 1.29 is 23.9 Å². The van der Waals surface area contributed by atoms with Crippen LogP contribution in [0.4, 0.5) is 10.5 Å². The Balaban J connectivity index is 1.66. The van der Waals surface area contributed by atoms with E-state index < -0.39 is 11.7 Å². The minimum atomic E-state index is -0.582. The molecule has 0 atom stereocenters. The molecule has 0 saturated carbocycles. The molecule has 0 aliphatic carbocycles. The van der Waals surface area contributed by atoms with Gasteiger partial charge in [-0.1, -0.05) is 29.8 Å². The van der Waals surface area contributed by atoms with Gasteiger partial charge in [0.1, 0.15) is 11.4 Å². The van der Waals surface area contributed by atoms with Crippen LogP contribution in [0.2, 0.25) is 0 Å². The molecule has 0 aliphatic heterocycles. The number of benzene rings is 2. The summed E-state index contributed by atoms with van der Waals surface area (Å²) in [5.74, 6) is 0.197. The van der Waals surface area contributed by atoms with E-state index in [-0.39, 0.29) is 31.4 Å². The number of nitrogens with one attached hydrogen (secondary N) is 3. The van der Waals surface area contributed by atoms with Crippen LogP contribution in [0.1, 0.15) is 38.3 Å². The summed E-state index contributed by atoms with van der Waals surface area (Å²) in [6, 6.07) is 14.6. The van der Waals surface area contributed by atoms with Crippen LogP contribution in [-0.4, -0.2) is 36.7 Å². The lowest BCUT2D eigenvalue weighted by Gasteiger charge is -2.19. The molecule has 0 heterocycles. The predicted molar refractivity (Wildman–Crippen MR) is 122 cm³/mol. The second kappa shape index (κ2) is 11.7. The van der Waals surface area contributed by atoms with E-state index >= 15 is 0 Å². The van der Waals surface area contributed by atoms with Gasteiger partial charge in [-0.05, 0) is 57.5 Å². The predicted octanol–water partition coefficient (Wildman–Crippen LogP) is 3.54. The average molecular weight is 442 g/mol. The molecule has 0 unspecified atom stereocenters. The topological polar surface area (TPSA) is 106 Å². The van der Waals surface area contributed by atoms with Gasteiger partial charge in [0.2, 0.25) is 5.91 Å². The highest BCUT2D eigenvalue weighted by Crippen LogP contribution is 2.12. The maximum Gasteiger partial charge on any atom is 0.407 e. The summed E-state index contributed by atoms with van der Waals surface area (Å²) >= 11 is 0. The third kappa shape index (κ3) is 9.97. The van der Waals surface area contributed by atoms with Crippen molar-refractivity contribution in [2.45, 2.75) is 46.3 Å². The summed E-state index contributed by atoms with van der Waals surface area (Å²) in [5, 5.41) is 8.09. The van der Waals surface area contributed by atoms with E-state index in [2.05, 4.69) is 16.0 Å². The fourth-order valence-electron chi connectivity index (χ4n) is 2.56. The summed E-state index contributed by atoms with van der Waals surface area (Å²) in [6.07, 6.45) is -0.432. The van der Waals surface area contributed by atoms with Gasteiger partial charge in [-0.15, -0.1) is 0 Å². The molecule has 0 spiro atoms. The highest BCUT2D eigenvalue weighted by molar-refractivity contribution is 5.91. The molecule has 0 aliphatic rings. The molecule has 0 radical (unpaired) electrons. The maximum absolute atomic E-state index is 12.0. The number of anilines is 1. The number of alkyl carbamates (subject to hydrolysis) is 1. The lowest BCUT2D eigenvalue weighted by atomic mass is 10.2. The fourth-order valence-corrected chi connectivity index (χ4v) is 2.56. The Bertz CT molecular complexity index is 903. The molecule has 172 valence electrons. The third-order valence-corrected chi connectivity index (χ3v) is 4.14. The van der Waals surface area contributed by atoms with E-state index in [9.17, 15) is 14.4 Å². The van der Waals surface area contributed by atoms with Gasteiger partial charge in [0.05, 0.1) is 0 Å². The zero-order valence-corrected chi connectivity index (χ0v) is 19.0. The van der Waals surface area contributed by atoms with Crippen molar-refractivity contribution in [2.24, 2.45) is 0 Å². The largest absolute Gasteiger partial charge is 0.484 e. The number of hydrogen-bond acceptors (Lipinski definition) is 5. The molecule has 2 rings (SSSR count). The van der Waals surface area contributed by atoms with E-state index in [1.54, 1.807) is 32.9 Å². The lowest BCUT2D eigenvalue weighted by Crippen LogP contribution is -2.34. The first-order valence-corrected chi connectivity index (χ1v) is 10.4.